The number of nitrogens with one attached hydrogen (secondary N) is 1. The van der Waals surface area contributed by atoms with E-state index >= 15 is 0 Å². The van der Waals surface area contributed by atoms with Crippen molar-refractivity contribution in [2.24, 2.45) is 0 Å². The number of aromatic nitrogens is 3. The van der Waals surface area contributed by atoms with E-state index in [0.29, 0.717) is 41.3 Å². The topological polar surface area (TPSA) is 95.3 Å². The van der Waals surface area contributed by atoms with E-state index in [2.05, 4.69) is 15.6 Å². The second kappa shape index (κ2) is 6.47. The number of hydrogen-bond donors (Lipinski definition) is 1. The normalized spacial score (nSPS) is 12.8. The van der Waals surface area contributed by atoms with Crippen LogP contribution in [0.2, 0.25) is 0 Å². The van der Waals surface area contributed by atoms with Gasteiger partial charge in [0.2, 0.25) is 5.91 Å². The average Bonchev–Trinajstić information content (AvgIpc) is 2.65. The zero-order chi connectivity index (χ0) is 18.1. The lowest BCUT2D eigenvalue weighted by atomic mass is 10.2. The Labute approximate surface area is 148 Å². The number of benzene rings is 2. The highest BCUT2D eigenvalue weighted by Crippen LogP contribution is 2.32. The molecule has 8 heteroatoms. The molecule has 1 N–H and O–H groups in total. The Morgan fingerprint density at radius 2 is 1.85 bits per heavy atom. The lowest BCUT2D eigenvalue weighted by molar-refractivity contribution is -0.117. The SMILES string of the molecule is Cc1ccc(NC(=O)Cn2nnc3cc4c(cc3c2=O)OCCO4)cc1. The van der Waals surface area contributed by atoms with Crippen molar-refractivity contribution in [3.05, 3.63) is 52.3 Å². The maximum absolute atomic E-state index is 12.6. The van der Waals surface area contributed by atoms with Gasteiger partial charge in [0.1, 0.15) is 25.3 Å². The van der Waals surface area contributed by atoms with Crippen LogP contribution in [-0.2, 0) is 11.3 Å². The first-order valence-electron chi connectivity index (χ1n) is 8.14. The van der Waals surface area contributed by atoms with Crippen molar-refractivity contribution in [2.45, 2.75) is 13.5 Å². The molecule has 1 aliphatic rings. The van der Waals surface area contributed by atoms with E-state index in [1.807, 2.05) is 19.1 Å². The molecule has 4 rings (SSSR count). The lowest BCUT2D eigenvalue weighted by Crippen LogP contribution is -2.30. The second-order valence-corrected chi connectivity index (χ2v) is 5.98. The summed E-state index contributed by atoms with van der Waals surface area (Å²) in [6.45, 7) is 2.60. The van der Waals surface area contributed by atoms with Gasteiger partial charge >= 0.3 is 0 Å². The van der Waals surface area contributed by atoms with Gasteiger partial charge < -0.3 is 14.8 Å². The molecule has 0 fully saturated rings. The van der Waals surface area contributed by atoms with Gasteiger partial charge in [-0.15, -0.1) is 5.10 Å². The largest absolute Gasteiger partial charge is 0.486 e. The molecule has 0 unspecified atom stereocenters. The molecule has 0 saturated heterocycles. The molecular weight excluding hydrogens is 336 g/mol. The monoisotopic (exact) mass is 352 g/mol. The standard InChI is InChI=1S/C18H16N4O4/c1-11-2-4-12(5-3-11)19-17(23)10-22-18(24)13-8-15-16(26-7-6-25-15)9-14(13)20-21-22/h2-5,8-9H,6-7,10H2,1H3,(H,19,23). The van der Waals surface area contributed by atoms with Gasteiger partial charge in [-0.3, -0.25) is 9.59 Å². The highest BCUT2D eigenvalue weighted by Gasteiger charge is 2.17. The minimum Gasteiger partial charge on any atom is -0.486 e. The van der Waals surface area contributed by atoms with Gasteiger partial charge in [0.05, 0.1) is 5.39 Å². The Balaban J connectivity index is 1.60. The minimum atomic E-state index is -0.411. The zero-order valence-corrected chi connectivity index (χ0v) is 14.1. The molecule has 26 heavy (non-hydrogen) atoms. The van der Waals surface area contributed by atoms with Gasteiger partial charge in [0, 0.05) is 11.8 Å². The van der Waals surface area contributed by atoms with Gasteiger partial charge in [-0.2, -0.15) is 0 Å². The molecule has 8 nitrogen and oxygen atoms in total. The third-order valence-corrected chi connectivity index (χ3v) is 4.01. The van der Waals surface area contributed by atoms with Crippen LogP contribution in [-0.4, -0.2) is 34.1 Å². The van der Waals surface area contributed by atoms with Gasteiger partial charge in [0.15, 0.2) is 11.5 Å². The van der Waals surface area contributed by atoms with Crippen molar-refractivity contribution in [3.63, 3.8) is 0 Å². The summed E-state index contributed by atoms with van der Waals surface area (Å²) >= 11 is 0. The Morgan fingerprint density at radius 1 is 1.15 bits per heavy atom. The summed E-state index contributed by atoms with van der Waals surface area (Å²) in [6, 6.07) is 10.6. The molecule has 0 saturated carbocycles. The quantitative estimate of drug-likeness (QED) is 0.768. The maximum atomic E-state index is 12.6. The summed E-state index contributed by atoms with van der Waals surface area (Å²) in [7, 11) is 0. The van der Waals surface area contributed by atoms with Crippen LogP contribution in [0.15, 0.2) is 41.2 Å². The van der Waals surface area contributed by atoms with E-state index in [1.165, 1.54) is 0 Å². The Bertz CT molecular complexity index is 1040. The molecule has 132 valence electrons. The summed E-state index contributed by atoms with van der Waals surface area (Å²) in [4.78, 5) is 24.8. The number of anilines is 1. The number of carbonyl (C=O) groups is 1. The van der Waals surface area contributed by atoms with Gasteiger partial charge in [-0.1, -0.05) is 22.9 Å². The summed E-state index contributed by atoms with van der Waals surface area (Å²) in [5, 5.41) is 10.9. The van der Waals surface area contributed by atoms with Crippen LogP contribution in [0.4, 0.5) is 5.69 Å². The van der Waals surface area contributed by atoms with Crippen LogP contribution in [0.25, 0.3) is 10.9 Å². The Kier molecular flexibility index (Phi) is 4.00. The molecule has 1 aliphatic heterocycles. The molecule has 0 spiro atoms. The fourth-order valence-electron chi connectivity index (χ4n) is 2.69. The molecule has 0 atom stereocenters. The highest BCUT2D eigenvalue weighted by molar-refractivity contribution is 5.90. The molecule has 0 bridgehead atoms. The van der Waals surface area contributed by atoms with Gasteiger partial charge in [0.25, 0.3) is 5.56 Å². The fraction of sp³-hybridized carbons (Fsp3) is 0.222. The van der Waals surface area contributed by atoms with Crippen LogP contribution in [0, 0.1) is 6.92 Å². The molecule has 1 aromatic heterocycles. The Hall–Kier alpha value is -3.42. The van der Waals surface area contributed by atoms with Crippen molar-refractivity contribution in [1.29, 1.82) is 0 Å². The van der Waals surface area contributed by atoms with Crippen molar-refractivity contribution >= 4 is 22.5 Å². The first kappa shape index (κ1) is 16.1. The number of nitrogens with zero attached hydrogens (tertiary/aromatic N) is 3. The van der Waals surface area contributed by atoms with E-state index in [-0.39, 0.29) is 12.5 Å². The highest BCUT2D eigenvalue weighted by atomic mass is 16.6. The number of ether oxygens (including phenoxy) is 2. The van der Waals surface area contributed by atoms with Crippen LogP contribution >= 0.6 is 0 Å². The van der Waals surface area contributed by atoms with Crippen LogP contribution < -0.4 is 20.3 Å². The number of carbonyl (C=O) groups excluding carboxylic acids is 1. The van der Waals surface area contributed by atoms with Crippen molar-refractivity contribution in [2.75, 3.05) is 18.5 Å². The average molecular weight is 352 g/mol. The van der Waals surface area contributed by atoms with Crippen LogP contribution in [0.3, 0.4) is 0 Å². The van der Waals surface area contributed by atoms with E-state index in [1.54, 1.807) is 24.3 Å². The fourth-order valence-corrected chi connectivity index (χ4v) is 2.69. The van der Waals surface area contributed by atoms with Crippen molar-refractivity contribution in [1.82, 2.24) is 15.0 Å². The van der Waals surface area contributed by atoms with E-state index in [0.717, 1.165) is 10.2 Å². The number of aryl methyl sites for hydroxylation is 1. The summed E-state index contributed by atoms with van der Waals surface area (Å²) < 4.78 is 12.0. The predicted molar refractivity (Wildman–Crippen MR) is 94.6 cm³/mol. The minimum absolute atomic E-state index is 0.232. The van der Waals surface area contributed by atoms with Crippen molar-refractivity contribution < 1.29 is 14.3 Å². The van der Waals surface area contributed by atoms with Crippen LogP contribution in [0.5, 0.6) is 11.5 Å². The van der Waals surface area contributed by atoms with Gasteiger partial charge in [-0.05, 0) is 25.1 Å². The first-order chi connectivity index (χ1) is 12.6. The van der Waals surface area contributed by atoms with E-state index < -0.39 is 5.56 Å². The van der Waals surface area contributed by atoms with Crippen molar-refractivity contribution in [3.8, 4) is 11.5 Å². The molecule has 0 aliphatic carbocycles. The third kappa shape index (κ3) is 3.08. The number of hydrogen-bond acceptors (Lipinski definition) is 6. The molecule has 0 radical (unpaired) electrons. The smallest absolute Gasteiger partial charge is 0.278 e. The Morgan fingerprint density at radius 3 is 2.58 bits per heavy atom. The second-order valence-electron chi connectivity index (χ2n) is 5.98. The summed E-state index contributed by atoms with van der Waals surface area (Å²) in [6.07, 6.45) is 0. The number of amides is 1. The summed E-state index contributed by atoms with van der Waals surface area (Å²) in [5.74, 6) is 0.666. The first-order valence-corrected chi connectivity index (χ1v) is 8.14. The molecular formula is C18H16N4O4. The third-order valence-electron chi connectivity index (χ3n) is 4.01. The number of rotatable bonds is 3. The number of fused-ring (bicyclic) bond motifs is 2. The maximum Gasteiger partial charge on any atom is 0.278 e. The molecule has 3 aromatic rings. The zero-order valence-electron chi connectivity index (χ0n) is 14.1. The molecule has 2 aromatic carbocycles. The summed E-state index contributed by atoms with van der Waals surface area (Å²) in [5.41, 5.74) is 1.73. The van der Waals surface area contributed by atoms with Crippen LogP contribution in [0.1, 0.15) is 5.56 Å². The van der Waals surface area contributed by atoms with E-state index in [4.69, 9.17) is 9.47 Å². The predicted octanol–water partition coefficient (Wildman–Crippen LogP) is 1.51. The lowest BCUT2D eigenvalue weighted by Gasteiger charge is -2.18. The van der Waals surface area contributed by atoms with E-state index in [9.17, 15) is 9.59 Å². The molecule has 2 heterocycles. The van der Waals surface area contributed by atoms with Gasteiger partial charge in [-0.25, -0.2) is 4.68 Å². The molecule has 1 amide bonds.